The van der Waals surface area contributed by atoms with Crippen molar-refractivity contribution in [3.8, 4) is 0 Å². The van der Waals surface area contributed by atoms with Crippen LogP contribution < -0.4 is 0 Å². The molecule has 0 amide bonds. The van der Waals surface area contributed by atoms with Gasteiger partial charge in [0.1, 0.15) is 19.3 Å². The third-order valence-electron chi connectivity index (χ3n) is 18.0. The van der Waals surface area contributed by atoms with E-state index in [9.17, 15) is 43.2 Å². The molecule has 0 aliphatic rings. The van der Waals surface area contributed by atoms with E-state index in [2.05, 4.69) is 48.5 Å². The maximum atomic E-state index is 13.1. The Morgan fingerprint density at radius 3 is 0.800 bits per heavy atom. The van der Waals surface area contributed by atoms with Gasteiger partial charge in [-0.2, -0.15) is 0 Å². The van der Waals surface area contributed by atoms with Crippen LogP contribution >= 0.6 is 15.6 Å². The highest BCUT2D eigenvalue weighted by Gasteiger charge is 2.30. The molecule has 564 valence electrons. The minimum absolute atomic E-state index is 0.106. The summed E-state index contributed by atoms with van der Waals surface area (Å²) in [4.78, 5) is 72.8. The van der Waals surface area contributed by atoms with Gasteiger partial charge in [0.05, 0.1) is 26.4 Å². The van der Waals surface area contributed by atoms with Crippen molar-refractivity contribution in [1.29, 1.82) is 0 Å². The summed E-state index contributed by atoms with van der Waals surface area (Å²) in [5.41, 5.74) is 0. The van der Waals surface area contributed by atoms with Gasteiger partial charge in [0.25, 0.3) is 0 Å². The highest BCUT2D eigenvalue weighted by molar-refractivity contribution is 7.47. The number of phosphoric acid groups is 2. The molecule has 0 bridgehead atoms. The lowest BCUT2D eigenvalue weighted by Crippen LogP contribution is -2.30. The van der Waals surface area contributed by atoms with Gasteiger partial charge in [-0.15, -0.1) is 0 Å². The third kappa shape index (κ3) is 69.0. The molecule has 3 unspecified atom stereocenters. The molecule has 19 heteroatoms. The summed E-state index contributed by atoms with van der Waals surface area (Å²) in [7, 11) is -9.91. The van der Waals surface area contributed by atoms with Gasteiger partial charge in [0.2, 0.25) is 0 Å². The molecule has 0 saturated carbocycles. The molecule has 0 aliphatic heterocycles. The number of aliphatic hydroxyl groups excluding tert-OH is 1. The number of unbranched alkanes of at least 4 members (excludes halogenated alkanes) is 41. The number of carbonyl (C=O) groups excluding carboxylic acids is 4. The van der Waals surface area contributed by atoms with Crippen molar-refractivity contribution in [1.82, 2.24) is 0 Å². The predicted octanol–water partition coefficient (Wildman–Crippen LogP) is 22.2. The van der Waals surface area contributed by atoms with Crippen molar-refractivity contribution in [2.45, 2.75) is 407 Å². The topological polar surface area (TPSA) is 237 Å². The smallest absolute Gasteiger partial charge is 0.462 e. The van der Waals surface area contributed by atoms with E-state index in [1.54, 1.807) is 0 Å². The van der Waals surface area contributed by atoms with E-state index in [-0.39, 0.29) is 25.7 Å². The van der Waals surface area contributed by atoms with E-state index in [0.717, 1.165) is 108 Å². The van der Waals surface area contributed by atoms with Gasteiger partial charge in [-0.1, -0.05) is 337 Å². The lowest BCUT2D eigenvalue weighted by atomic mass is 9.99. The van der Waals surface area contributed by atoms with Crippen molar-refractivity contribution in [2.24, 2.45) is 17.8 Å². The number of carbonyl (C=O) groups is 4. The molecular weight excluding hydrogens is 1250 g/mol. The van der Waals surface area contributed by atoms with Crippen molar-refractivity contribution in [2.75, 3.05) is 39.6 Å². The Morgan fingerprint density at radius 1 is 0.305 bits per heavy atom. The molecule has 95 heavy (non-hydrogen) atoms. The average Bonchev–Trinajstić information content (AvgIpc) is 1.66. The number of aliphatic hydroxyl groups is 1. The van der Waals surface area contributed by atoms with E-state index >= 15 is 0 Å². The van der Waals surface area contributed by atoms with Crippen molar-refractivity contribution in [3.05, 3.63) is 0 Å². The molecule has 0 spiro atoms. The SMILES string of the molecule is CCCCCCCCCCCCCC(=O)OC[C@H](COP(=O)(O)OC[C@H](O)COP(=O)(O)OC[C@@H](COC(=O)CCCCCCCCCCCCCCC(C)C)OC(=O)CCCCCCCCCCCCCCC(C)C)OC(=O)CCCCCCCCCCCCC(C)CC. The van der Waals surface area contributed by atoms with Gasteiger partial charge in [-0.05, 0) is 43.4 Å². The normalized spacial score (nSPS) is 14.4. The fraction of sp³-hybridized carbons (Fsp3) is 0.947. The average molecular weight is 1400 g/mol. The van der Waals surface area contributed by atoms with Crippen molar-refractivity contribution < 1.29 is 80.2 Å². The van der Waals surface area contributed by atoms with Crippen LogP contribution in [0.2, 0.25) is 0 Å². The number of hydrogen-bond acceptors (Lipinski definition) is 15. The Morgan fingerprint density at radius 2 is 0.537 bits per heavy atom. The molecule has 3 N–H and O–H groups in total. The zero-order valence-corrected chi connectivity index (χ0v) is 63.9. The van der Waals surface area contributed by atoms with E-state index in [1.165, 1.54) is 199 Å². The minimum atomic E-state index is -4.96. The molecule has 0 aromatic rings. The van der Waals surface area contributed by atoms with Crippen LogP contribution in [0.1, 0.15) is 389 Å². The highest BCUT2D eigenvalue weighted by Crippen LogP contribution is 2.45. The molecular formula is C76H148O17P2. The van der Waals surface area contributed by atoms with Crippen LogP contribution in [0, 0.1) is 17.8 Å². The van der Waals surface area contributed by atoms with Gasteiger partial charge >= 0.3 is 39.5 Å². The second-order valence-electron chi connectivity index (χ2n) is 28.6. The summed E-state index contributed by atoms with van der Waals surface area (Å²) in [6.07, 6.45) is 52.5. The maximum absolute atomic E-state index is 13.1. The zero-order chi connectivity index (χ0) is 70.1. The molecule has 0 saturated heterocycles. The number of esters is 4. The van der Waals surface area contributed by atoms with Crippen LogP contribution in [0.3, 0.4) is 0 Å². The Labute approximate surface area is 581 Å². The van der Waals surface area contributed by atoms with Crippen LogP contribution in [-0.4, -0.2) is 96.7 Å². The Hall–Kier alpha value is -1.94. The van der Waals surface area contributed by atoms with Crippen LogP contribution in [0.25, 0.3) is 0 Å². The van der Waals surface area contributed by atoms with E-state index in [1.807, 2.05) is 0 Å². The Balaban J connectivity index is 5.27. The monoisotopic (exact) mass is 1400 g/mol. The molecule has 0 aliphatic carbocycles. The van der Waals surface area contributed by atoms with Gasteiger partial charge in [0.15, 0.2) is 12.2 Å². The number of hydrogen-bond donors (Lipinski definition) is 3. The summed E-state index contributed by atoms with van der Waals surface area (Å²) in [6.45, 7) is 11.9. The van der Waals surface area contributed by atoms with Crippen molar-refractivity contribution >= 4 is 39.5 Å². The molecule has 0 rings (SSSR count). The van der Waals surface area contributed by atoms with Gasteiger partial charge in [-0.25, -0.2) is 9.13 Å². The number of ether oxygens (including phenoxy) is 4. The molecule has 0 radical (unpaired) electrons. The molecule has 0 heterocycles. The summed E-state index contributed by atoms with van der Waals surface area (Å²) in [5, 5.41) is 10.6. The Kier molecular flexibility index (Phi) is 65.2. The molecule has 17 nitrogen and oxygen atoms in total. The standard InChI is InChI=1S/C76H148O17P2/c1-8-10-11-12-13-14-19-29-36-43-50-57-73(78)86-63-72(93-76(81)60-53-46-39-32-25-24-28-35-42-49-56-69(7)9-2)66-91-95(84,85)89-62-70(77)61-88-94(82,83)90-65-71(92-75(80)59-52-45-38-31-23-18-16-21-27-34-41-48-55-68(5)6)64-87-74(79)58-51-44-37-30-22-17-15-20-26-33-40-47-54-67(3)4/h67-72,77H,8-66H2,1-7H3,(H,82,83)(H,84,85)/t69?,70-,71-,72-/m1/s1. The number of rotatable bonds is 74. The van der Waals surface area contributed by atoms with Crippen LogP contribution in [-0.2, 0) is 65.4 Å². The zero-order valence-electron chi connectivity index (χ0n) is 62.1. The first kappa shape index (κ1) is 93.1. The summed E-state index contributed by atoms with van der Waals surface area (Å²) in [5.74, 6) is 0.245. The first-order valence-corrected chi connectivity index (χ1v) is 42.4. The van der Waals surface area contributed by atoms with Crippen LogP contribution in [0.4, 0.5) is 0 Å². The maximum Gasteiger partial charge on any atom is 0.472 e. The first-order valence-electron chi connectivity index (χ1n) is 39.4. The van der Waals surface area contributed by atoms with Crippen molar-refractivity contribution in [3.63, 3.8) is 0 Å². The largest absolute Gasteiger partial charge is 0.472 e. The highest BCUT2D eigenvalue weighted by atomic mass is 31.2. The molecule has 0 fully saturated rings. The summed E-state index contributed by atoms with van der Waals surface area (Å²) in [6, 6.07) is 0. The molecule has 0 aromatic carbocycles. The van der Waals surface area contributed by atoms with Crippen LogP contribution in [0.5, 0.6) is 0 Å². The lowest BCUT2D eigenvalue weighted by Gasteiger charge is -2.21. The quantitative estimate of drug-likeness (QED) is 0.0222. The lowest BCUT2D eigenvalue weighted by molar-refractivity contribution is -0.161. The van der Waals surface area contributed by atoms with Crippen LogP contribution in [0.15, 0.2) is 0 Å². The first-order chi connectivity index (χ1) is 45.8. The van der Waals surface area contributed by atoms with E-state index in [0.29, 0.717) is 25.7 Å². The second-order valence-corrected chi connectivity index (χ2v) is 31.5. The minimum Gasteiger partial charge on any atom is -0.462 e. The van der Waals surface area contributed by atoms with Gasteiger partial charge < -0.3 is 33.8 Å². The Bertz CT molecular complexity index is 1850. The second kappa shape index (κ2) is 66.6. The van der Waals surface area contributed by atoms with E-state index < -0.39 is 97.5 Å². The number of phosphoric ester groups is 2. The van der Waals surface area contributed by atoms with Gasteiger partial charge in [-0.3, -0.25) is 37.3 Å². The molecule has 0 aromatic heterocycles. The predicted molar refractivity (Wildman–Crippen MR) is 386 cm³/mol. The van der Waals surface area contributed by atoms with E-state index in [4.69, 9.17) is 37.0 Å². The fourth-order valence-electron chi connectivity index (χ4n) is 11.6. The summed E-state index contributed by atoms with van der Waals surface area (Å²) < 4.78 is 68.6. The summed E-state index contributed by atoms with van der Waals surface area (Å²) >= 11 is 0. The van der Waals surface area contributed by atoms with Gasteiger partial charge in [0, 0.05) is 25.7 Å². The molecule has 6 atom stereocenters. The fourth-order valence-corrected chi connectivity index (χ4v) is 13.1. The third-order valence-corrected chi connectivity index (χ3v) is 19.9.